The minimum atomic E-state index is -0.668. The van der Waals surface area contributed by atoms with E-state index in [1.165, 1.54) is 0 Å². The maximum atomic E-state index is 12.5. The van der Waals surface area contributed by atoms with Crippen LogP contribution in [-0.2, 0) is 19.1 Å². The molecule has 0 aliphatic carbocycles. The van der Waals surface area contributed by atoms with Crippen LogP contribution in [0.3, 0.4) is 0 Å². The van der Waals surface area contributed by atoms with Gasteiger partial charge >= 0.3 is 0 Å². The zero-order valence-electron chi connectivity index (χ0n) is 16.3. The number of anilines is 1. The molecule has 2 unspecified atom stereocenters. The Morgan fingerprint density at radius 2 is 2.07 bits per heavy atom. The van der Waals surface area contributed by atoms with Crippen molar-refractivity contribution in [1.29, 1.82) is 0 Å². The van der Waals surface area contributed by atoms with E-state index in [-0.39, 0.29) is 30.2 Å². The average Bonchev–Trinajstić information content (AvgIpc) is 3.35. The molecule has 1 aromatic carbocycles. The molecule has 3 atom stereocenters. The molecule has 2 N–H and O–H groups in total. The molecule has 0 saturated carbocycles. The van der Waals surface area contributed by atoms with Gasteiger partial charge in [0.25, 0.3) is 0 Å². The molecule has 28 heavy (non-hydrogen) atoms. The Bertz CT molecular complexity index is 715. The Hall–Kier alpha value is -2.61. The molecule has 0 radical (unpaired) electrons. The fourth-order valence-electron chi connectivity index (χ4n) is 3.46. The number of amides is 3. The van der Waals surface area contributed by atoms with E-state index in [2.05, 4.69) is 10.6 Å². The molecule has 1 aromatic rings. The summed E-state index contributed by atoms with van der Waals surface area (Å²) in [6.45, 7) is 3.11. The number of nitrogens with one attached hydrogen (secondary N) is 2. The summed E-state index contributed by atoms with van der Waals surface area (Å²) >= 11 is 0. The third-order valence-corrected chi connectivity index (χ3v) is 5.16. The monoisotopic (exact) mass is 389 g/mol. The molecule has 8 nitrogen and oxygen atoms in total. The molecule has 3 amide bonds. The number of hydrogen-bond donors (Lipinski definition) is 2. The van der Waals surface area contributed by atoms with Crippen molar-refractivity contribution >= 4 is 23.4 Å². The van der Waals surface area contributed by atoms with Crippen molar-refractivity contribution in [3.63, 3.8) is 0 Å². The molecule has 0 aromatic heterocycles. The van der Waals surface area contributed by atoms with Crippen LogP contribution in [0.5, 0.6) is 5.75 Å². The highest BCUT2D eigenvalue weighted by atomic mass is 16.5. The molecule has 0 bridgehead atoms. The summed E-state index contributed by atoms with van der Waals surface area (Å²) in [5, 5.41) is 5.52. The number of carbonyl (C=O) groups excluding carboxylic acids is 3. The summed E-state index contributed by atoms with van der Waals surface area (Å²) in [4.78, 5) is 38.6. The summed E-state index contributed by atoms with van der Waals surface area (Å²) in [6, 6.07) is 6.46. The van der Waals surface area contributed by atoms with E-state index in [0.717, 1.165) is 25.1 Å². The fraction of sp³-hybridized carbons (Fsp3) is 0.550. The molecule has 2 aliphatic heterocycles. The SMILES string of the molecule is COc1ccc(N2CC(C(=O)N[C@H](C)C(=O)NCC3CCCO3)CC2=O)cc1. The van der Waals surface area contributed by atoms with Gasteiger partial charge in [0, 0.05) is 31.8 Å². The lowest BCUT2D eigenvalue weighted by Crippen LogP contribution is -2.48. The van der Waals surface area contributed by atoms with Gasteiger partial charge in [-0.05, 0) is 44.0 Å². The number of rotatable bonds is 7. The molecule has 8 heteroatoms. The average molecular weight is 389 g/mol. The van der Waals surface area contributed by atoms with Crippen LogP contribution in [0.2, 0.25) is 0 Å². The lowest BCUT2D eigenvalue weighted by molar-refractivity contribution is -0.131. The highest BCUT2D eigenvalue weighted by molar-refractivity contribution is 6.01. The van der Waals surface area contributed by atoms with Crippen molar-refractivity contribution < 1.29 is 23.9 Å². The van der Waals surface area contributed by atoms with Gasteiger partial charge < -0.3 is 25.0 Å². The van der Waals surface area contributed by atoms with Crippen LogP contribution in [0.1, 0.15) is 26.2 Å². The second kappa shape index (κ2) is 9.05. The first-order chi connectivity index (χ1) is 13.5. The van der Waals surface area contributed by atoms with Gasteiger partial charge in [0.2, 0.25) is 17.7 Å². The Labute approximate surface area is 164 Å². The van der Waals surface area contributed by atoms with Crippen LogP contribution in [0.15, 0.2) is 24.3 Å². The van der Waals surface area contributed by atoms with Crippen molar-refractivity contribution in [1.82, 2.24) is 10.6 Å². The van der Waals surface area contributed by atoms with Gasteiger partial charge in [-0.1, -0.05) is 0 Å². The van der Waals surface area contributed by atoms with E-state index in [4.69, 9.17) is 9.47 Å². The van der Waals surface area contributed by atoms with Crippen LogP contribution >= 0.6 is 0 Å². The Kier molecular flexibility index (Phi) is 6.51. The minimum absolute atomic E-state index is 0.0531. The first kappa shape index (κ1) is 20.1. The zero-order valence-corrected chi connectivity index (χ0v) is 16.3. The number of hydrogen-bond acceptors (Lipinski definition) is 5. The maximum absolute atomic E-state index is 12.5. The Balaban J connectivity index is 1.49. The molecule has 2 heterocycles. The largest absolute Gasteiger partial charge is 0.497 e. The van der Waals surface area contributed by atoms with Gasteiger partial charge in [0.15, 0.2) is 0 Å². The quantitative estimate of drug-likeness (QED) is 0.721. The second-order valence-corrected chi connectivity index (χ2v) is 7.21. The fourth-order valence-corrected chi connectivity index (χ4v) is 3.46. The topological polar surface area (TPSA) is 97.0 Å². The van der Waals surface area contributed by atoms with E-state index < -0.39 is 12.0 Å². The van der Waals surface area contributed by atoms with Gasteiger partial charge in [-0.15, -0.1) is 0 Å². The molecule has 2 aliphatic rings. The smallest absolute Gasteiger partial charge is 0.242 e. The summed E-state index contributed by atoms with van der Waals surface area (Å²) in [5.74, 6) is -0.430. The van der Waals surface area contributed by atoms with E-state index >= 15 is 0 Å². The van der Waals surface area contributed by atoms with Crippen molar-refractivity contribution in [3.05, 3.63) is 24.3 Å². The van der Waals surface area contributed by atoms with Gasteiger partial charge in [0.05, 0.1) is 19.1 Å². The molecular weight excluding hydrogens is 362 g/mol. The summed E-state index contributed by atoms with van der Waals surface area (Å²) in [6.07, 6.45) is 2.12. The molecule has 0 spiro atoms. The normalized spacial score (nSPS) is 22.8. The first-order valence-electron chi connectivity index (χ1n) is 9.62. The first-order valence-corrected chi connectivity index (χ1v) is 9.62. The van der Waals surface area contributed by atoms with Gasteiger partial charge in [-0.3, -0.25) is 14.4 Å². The third-order valence-electron chi connectivity index (χ3n) is 5.16. The standard InChI is InChI=1S/C20H27N3O5/c1-13(19(25)21-11-17-4-3-9-28-17)22-20(26)14-10-18(24)23(12-14)15-5-7-16(27-2)8-6-15/h5-8,13-14,17H,3-4,9-12H2,1-2H3,(H,21,25)(H,22,26)/t13-,14?,17?/m1/s1. The lowest BCUT2D eigenvalue weighted by Gasteiger charge is -2.19. The van der Waals surface area contributed by atoms with Gasteiger partial charge in [0.1, 0.15) is 11.8 Å². The molecule has 152 valence electrons. The van der Waals surface area contributed by atoms with Gasteiger partial charge in [-0.2, -0.15) is 0 Å². The molecule has 3 rings (SSSR count). The van der Waals surface area contributed by atoms with Crippen LogP contribution < -0.4 is 20.3 Å². The van der Waals surface area contributed by atoms with Crippen molar-refractivity contribution in [2.75, 3.05) is 31.7 Å². The zero-order chi connectivity index (χ0) is 20.1. The van der Waals surface area contributed by atoms with E-state index in [1.807, 2.05) is 0 Å². The number of benzene rings is 1. The van der Waals surface area contributed by atoms with Crippen LogP contribution in [-0.4, -0.2) is 56.7 Å². The predicted octanol–water partition coefficient (Wildman–Crippen LogP) is 0.848. The molecular formula is C20H27N3O5. The number of ether oxygens (including phenoxy) is 2. The number of nitrogens with zero attached hydrogens (tertiary/aromatic N) is 1. The van der Waals surface area contributed by atoms with E-state index in [9.17, 15) is 14.4 Å². The van der Waals surface area contributed by atoms with Crippen molar-refractivity contribution in [2.45, 2.75) is 38.3 Å². The lowest BCUT2D eigenvalue weighted by atomic mass is 10.1. The van der Waals surface area contributed by atoms with Crippen LogP contribution in [0.4, 0.5) is 5.69 Å². The Morgan fingerprint density at radius 3 is 2.71 bits per heavy atom. The maximum Gasteiger partial charge on any atom is 0.242 e. The predicted molar refractivity (Wildman–Crippen MR) is 103 cm³/mol. The minimum Gasteiger partial charge on any atom is -0.497 e. The number of methoxy groups -OCH3 is 1. The molecule has 2 fully saturated rings. The highest BCUT2D eigenvalue weighted by Crippen LogP contribution is 2.27. The van der Waals surface area contributed by atoms with E-state index in [1.54, 1.807) is 43.2 Å². The Morgan fingerprint density at radius 1 is 1.32 bits per heavy atom. The second-order valence-electron chi connectivity index (χ2n) is 7.21. The van der Waals surface area contributed by atoms with Gasteiger partial charge in [-0.25, -0.2) is 0 Å². The number of carbonyl (C=O) groups is 3. The van der Waals surface area contributed by atoms with Crippen molar-refractivity contribution in [3.8, 4) is 5.75 Å². The van der Waals surface area contributed by atoms with E-state index in [0.29, 0.717) is 18.8 Å². The van der Waals surface area contributed by atoms with Crippen LogP contribution in [0, 0.1) is 5.92 Å². The molecule has 2 saturated heterocycles. The third kappa shape index (κ3) is 4.81. The summed E-state index contributed by atoms with van der Waals surface area (Å²) in [5.41, 5.74) is 0.725. The van der Waals surface area contributed by atoms with Crippen molar-refractivity contribution in [2.24, 2.45) is 5.92 Å². The summed E-state index contributed by atoms with van der Waals surface area (Å²) < 4.78 is 10.6. The highest BCUT2D eigenvalue weighted by Gasteiger charge is 2.36. The van der Waals surface area contributed by atoms with Crippen LogP contribution in [0.25, 0.3) is 0 Å². The summed E-state index contributed by atoms with van der Waals surface area (Å²) in [7, 11) is 1.58.